The predicted molar refractivity (Wildman–Crippen MR) is 89.4 cm³/mol. The van der Waals surface area contributed by atoms with Crippen LogP contribution in [0.25, 0.3) is 0 Å². The van der Waals surface area contributed by atoms with Gasteiger partial charge in [0.2, 0.25) is 10.0 Å². The summed E-state index contributed by atoms with van der Waals surface area (Å²) in [5.74, 6) is 0. The summed E-state index contributed by atoms with van der Waals surface area (Å²) in [5.41, 5.74) is 0. The molecule has 2 aromatic rings. The van der Waals surface area contributed by atoms with Crippen LogP contribution in [0.2, 0.25) is 0 Å². The van der Waals surface area contributed by atoms with Crippen LogP contribution in [0.3, 0.4) is 0 Å². The molecule has 21 heavy (non-hydrogen) atoms. The van der Waals surface area contributed by atoms with E-state index in [1.807, 2.05) is 25.1 Å². The summed E-state index contributed by atoms with van der Waals surface area (Å²) >= 11 is 2.92. The molecule has 0 fully saturated rings. The quantitative estimate of drug-likeness (QED) is 0.811. The standard InChI is InChI=1S/C14H20N2O2S3/c1-10(2)15-8-12-6-7-14(20-12)21(17,18)16-9-13-5-4-11(3)19-13/h4-7,10,15-16H,8-9H2,1-3H3. The fourth-order valence-corrected chi connectivity index (χ4v) is 5.00. The molecule has 0 aromatic carbocycles. The second-order valence-corrected chi connectivity index (χ2v) is 9.63. The summed E-state index contributed by atoms with van der Waals surface area (Å²) in [6, 6.07) is 7.87. The van der Waals surface area contributed by atoms with Crippen LogP contribution in [0.5, 0.6) is 0 Å². The van der Waals surface area contributed by atoms with Gasteiger partial charge in [-0.3, -0.25) is 0 Å². The first kappa shape index (κ1) is 16.6. The maximum atomic E-state index is 12.2. The van der Waals surface area contributed by atoms with Crippen molar-refractivity contribution in [3.8, 4) is 0 Å². The fraction of sp³-hybridized carbons (Fsp3) is 0.429. The molecule has 0 aliphatic heterocycles. The van der Waals surface area contributed by atoms with E-state index in [0.717, 1.165) is 9.75 Å². The third kappa shape index (κ3) is 4.89. The van der Waals surface area contributed by atoms with Gasteiger partial charge in [0.1, 0.15) is 4.21 Å². The lowest BCUT2D eigenvalue weighted by Crippen LogP contribution is -2.22. The van der Waals surface area contributed by atoms with Gasteiger partial charge < -0.3 is 5.32 Å². The normalized spacial score (nSPS) is 12.2. The molecule has 0 bridgehead atoms. The smallest absolute Gasteiger partial charge is 0.250 e. The Balaban J connectivity index is 1.99. The summed E-state index contributed by atoms with van der Waals surface area (Å²) in [5, 5.41) is 3.28. The number of hydrogen-bond donors (Lipinski definition) is 2. The molecule has 0 atom stereocenters. The van der Waals surface area contributed by atoms with Gasteiger partial charge in [0.05, 0.1) is 0 Å². The van der Waals surface area contributed by atoms with Crippen molar-refractivity contribution >= 4 is 32.7 Å². The first-order chi connectivity index (χ1) is 9.87. The van der Waals surface area contributed by atoms with Gasteiger partial charge in [-0.1, -0.05) is 13.8 Å². The number of rotatable bonds is 7. The minimum Gasteiger partial charge on any atom is -0.310 e. The Hall–Kier alpha value is -0.730. The van der Waals surface area contributed by atoms with E-state index in [2.05, 4.69) is 23.9 Å². The molecule has 0 radical (unpaired) electrons. The Morgan fingerprint density at radius 3 is 2.33 bits per heavy atom. The summed E-state index contributed by atoms with van der Waals surface area (Å²) in [6.07, 6.45) is 0. The molecule has 2 N–H and O–H groups in total. The van der Waals surface area contributed by atoms with Crippen LogP contribution in [-0.2, 0) is 23.1 Å². The molecule has 116 valence electrons. The first-order valence-electron chi connectivity index (χ1n) is 6.74. The SMILES string of the molecule is Cc1ccc(CNS(=O)(=O)c2ccc(CNC(C)C)s2)s1. The Kier molecular flexibility index (Phi) is 5.56. The van der Waals surface area contributed by atoms with Crippen LogP contribution in [0.4, 0.5) is 0 Å². The molecular formula is C14H20N2O2S3. The predicted octanol–water partition coefficient (Wildman–Crippen LogP) is 3.09. The number of nitrogens with one attached hydrogen (secondary N) is 2. The third-order valence-electron chi connectivity index (χ3n) is 2.82. The van der Waals surface area contributed by atoms with Crippen molar-refractivity contribution in [3.63, 3.8) is 0 Å². The Morgan fingerprint density at radius 2 is 1.71 bits per heavy atom. The summed E-state index contributed by atoms with van der Waals surface area (Å²) in [6.45, 7) is 7.18. The Bertz CT molecular complexity index is 687. The third-order valence-corrected chi connectivity index (χ3v) is 6.80. The van der Waals surface area contributed by atoms with Crippen molar-refractivity contribution in [3.05, 3.63) is 38.9 Å². The molecule has 2 heterocycles. The number of thiophene rings is 2. The molecular weight excluding hydrogens is 324 g/mol. The average Bonchev–Trinajstić information content (AvgIpc) is 3.03. The van der Waals surface area contributed by atoms with Gasteiger partial charge in [-0.15, -0.1) is 22.7 Å². The lowest BCUT2D eigenvalue weighted by Gasteiger charge is -2.05. The molecule has 4 nitrogen and oxygen atoms in total. The van der Waals surface area contributed by atoms with Gasteiger partial charge >= 0.3 is 0 Å². The minimum atomic E-state index is -3.42. The van der Waals surface area contributed by atoms with Crippen molar-refractivity contribution in [1.29, 1.82) is 0 Å². The fourth-order valence-electron chi connectivity index (χ4n) is 1.72. The Labute approximate surface area is 134 Å². The molecule has 0 saturated heterocycles. The topological polar surface area (TPSA) is 58.2 Å². The highest BCUT2D eigenvalue weighted by molar-refractivity contribution is 7.91. The van der Waals surface area contributed by atoms with E-state index in [1.54, 1.807) is 17.4 Å². The van der Waals surface area contributed by atoms with Crippen LogP contribution in [0.1, 0.15) is 28.5 Å². The van der Waals surface area contributed by atoms with E-state index >= 15 is 0 Å². The van der Waals surface area contributed by atoms with Crippen LogP contribution in [-0.4, -0.2) is 14.5 Å². The van der Waals surface area contributed by atoms with E-state index in [9.17, 15) is 8.42 Å². The van der Waals surface area contributed by atoms with Gasteiger partial charge in [-0.25, -0.2) is 13.1 Å². The zero-order chi connectivity index (χ0) is 15.5. The highest BCUT2D eigenvalue weighted by atomic mass is 32.2. The summed E-state index contributed by atoms with van der Waals surface area (Å²) in [4.78, 5) is 3.23. The van der Waals surface area contributed by atoms with Crippen LogP contribution >= 0.6 is 22.7 Å². The van der Waals surface area contributed by atoms with Crippen molar-refractivity contribution in [2.24, 2.45) is 0 Å². The van der Waals surface area contributed by atoms with E-state index in [-0.39, 0.29) is 0 Å². The molecule has 0 aliphatic carbocycles. The van der Waals surface area contributed by atoms with Crippen molar-refractivity contribution < 1.29 is 8.42 Å². The molecule has 7 heteroatoms. The van der Waals surface area contributed by atoms with Crippen LogP contribution in [0, 0.1) is 6.92 Å². The second-order valence-electron chi connectivity index (χ2n) is 5.09. The molecule has 0 saturated carbocycles. The highest BCUT2D eigenvalue weighted by Crippen LogP contribution is 2.22. The van der Waals surface area contributed by atoms with E-state index in [1.165, 1.54) is 16.2 Å². The second kappa shape index (κ2) is 7.02. The highest BCUT2D eigenvalue weighted by Gasteiger charge is 2.16. The zero-order valence-electron chi connectivity index (χ0n) is 12.3. The van der Waals surface area contributed by atoms with E-state index in [4.69, 9.17) is 0 Å². The van der Waals surface area contributed by atoms with Gasteiger partial charge in [-0.05, 0) is 31.2 Å². The van der Waals surface area contributed by atoms with E-state index in [0.29, 0.717) is 23.3 Å². The lowest BCUT2D eigenvalue weighted by atomic mass is 10.4. The largest absolute Gasteiger partial charge is 0.310 e. The average molecular weight is 345 g/mol. The Morgan fingerprint density at radius 1 is 1.05 bits per heavy atom. The lowest BCUT2D eigenvalue weighted by molar-refractivity contribution is 0.584. The molecule has 0 aliphatic rings. The first-order valence-corrected chi connectivity index (χ1v) is 9.85. The number of aryl methyl sites for hydroxylation is 1. The molecule has 2 rings (SSSR count). The van der Waals surface area contributed by atoms with Gasteiger partial charge in [0.25, 0.3) is 0 Å². The van der Waals surface area contributed by atoms with Gasteiger partial charge in [-0.2, -0.15) is 0 Å². The number of hydrogen-bond acceptors (Lipinski definition) is 5. The molecule has 0 amide bonds. The van der Waals surface area contributed by atoms with Gasteiger partial charge in [0, 0.05) is 33.8 Å². The van der Waals surface area contributed by atoms with Crippen LogP contribution < -0.4 is 10.0 Å². The van der Waals surface area contributed by atoms with Crippen molar-refractivity contribution in [2.45, 2.75) is 44.1 Å². The number of sulfonamides is 1. The maximum Gasteiger partial charge on any atom is 0.250 e. The molecule has 0 spiro atoms. The van der Waals surface area contributed by atoms with Gasteiger partial charge in [0.15, 0.2) is 0 Å². The molecule has 2 aromatic heterocycles. The maximum absolute atomic E-state index is 12.2. The minimum absolute atomic E-state index is 0.346. The monoisotopic (exact) mass is 344 g/mol. The summed E-state index contributed by atoms with van der Waals surface area (Å²) < 4.78 is 27.5. The van der Waals surface area contributed by atoms with Crippen molar-refractivity contribution in [1.82, 2.24) is 10.0 Å². The summed E-state index contributed by atoms with van der Waals surface area (Å²) in [7, 11) is -3.42. The van der Waals surface area contributed by atoms with E-state index < -0.39 is 10.0 Å². The zero-order valence-corrected chi connectivity index (χ0v) is 14.8. The van der Waals surface area contributed by atoms with Crippen LogP contribution in [0.15, 0.2) is 28.5 Å². The van der Waals surface area contributed by atoms with Crippen molar-refractivity contribution in [2.75, 3.05) is 0 Å². The molecule has 0 unspecified atom stereocenters.